The Morgan fingerprint density at radius 2 is 1.93 bits per heavy atom. The van der Waals surface area contributed by atoms with Gasteiger partial charge in [0, 0.05) is 22.6 Å². The fraction of sp³-hybridized carbons (Fsp3) is 0.250. The number of nitrogens with zero attached hydrogens (tertiary/aromatic N) is 2. The van der Waals surface area contributed by atoms with Gasteiger partial charge in [0.1, 0.15) is 0 Å². The van der Waals surface area contributed by atoms with Crippen molar-refractivity contribution in [1.29, 1.82) is 0 Å². The van der Waals surface area contributed by atoms with E-state index in [1.54, 1.807) is 12.1 Å². The summed E-state index contributed by atoms with van der Waals surface area (Å²) in [4.78, 5) is 0.0720. The van der Waals surface area contributed by atoms with E-state index in [0.29, 0.717) is 11.6 Å². The van der Waals surface area contributed by atoms with Crippen LogP contribution in [0.5, 0.6) is 0 Å². The Balaban J connectivity index is 1.86. The molecule has 0 radical (unpaired) electrons. The van der Waals surface area contributed by atoms with E-state index in [2.05, 4.69) is 0 Å². The molecule has 0 saturated heterocycles. The van der Waals surface area contributed by atoms with Gasteiger partial charge in [-0.1, -0.05) is 23.7 Å². The van der Waals surface area contributed by atoms with Crippen molar-refractivity contribution < 1.29 is 13.2 Å². The Morgan fingerprint density at radius 3 is 2.57 bits per heavy atom. The van der Waals surface area contributed by atoms with Crippen LogP contribution in [0.3, 0.4) is 0 Å². The van der Waals surface area contributed by atoms with Crippen molar-refractivity contribution in [2.45, 2.75) is 37.9 Å². The van der Waals surface area contributed by atoms with Gasteiger partial charge in [-0.05, 0) is 49.7 Å². The maximum Gasteiger partial charge on any atom is 0.238 e. The van der Waals surface area contributed by atoms with Crippen LogP contribution in [0.1, 0.15) is 23.7 Å². The Labute approximate surface area is 168 Å². The molecule has 0 amide bonds. The summed E-state index contributed by atoms with van der Waals surface area (Å²) in [6.07, 6.45) is 0.827. The number of hydrogen-bond donors (Lipinski definition) is 1. The Kier molecular flexibility index (Phi) is 4.79. The van der Waals surface area contributed by atoms with Crippen LogP contribution in [-0.4, -0.2) is 24.3 Å². The summed E-state index contributed by atoms with van der Waals surface area (Å²) in [5, 5.41) is 10.8. The van der Waals surface area contributed by atoms with Crippen molar-refractivity contribution in [2.24, 2.45) is 5.14 Å². The summed E-state index contributed by atoms with van der Waals surface area (Å²) >= 11 is 6.18. The number of halogens is 1. The number of rotatable bonds is 3. The SMILES string of the molecule is Cc1cc(-n2nc(-c3ccc(S(N)(=O)=O)cc3)c3c2C[C@H](C)OC3)ccc1Cl. The molecule has 28 heavy (non-hydrogen) atoms. The van der Waals surface area contributed by atoms with Gasteiger partial charge >= 0.3 is 0 Å². The highest BCUT2D eigenvalue weighted by Gasteiger charge is 2.26. The van der Waals surface area contributed by atoms with E-state index in [4.69, 9.17) is 26.6 Å². The van der Waals surface area contributed by atoms with Crippen LogP contribution >= 0.6 is 11.6 Å². The van der Waals surface area contributed by atoms with E-state index >= 15 is 0 Å². The third-order valence-corrected chi connectivity index (χ3v) is 6.28. The molecule has 0 spiro atoms. The van der Waals surface area contributed by atoms with E-state index in [1.807, 2.05) is 36.7 Å². The fourth-order valence-corrected chi connectivity index (χ4v) is 4.04. The second kappa shape index (κ2) is 7.00. The van der Waals surface area contributed by atoms with Crippen molar-refractivity contribution >= 4 is 21.6 Å². The third-order valence-electron chi connectivity index (χ3n) is 4.93. The highest BCUT2D eigenvalue weighted by molar-refractivity contribution is 7.89. The van der Waals surface area contributed by atoms with Crippen LogP contribution in [0.4, 0.5) is 0 Å². The van der Waals surface area contributed by atoms with Gasteiger partial charge in [0.05, 0.1) is 34.7 Å². The Morgan fingerprint density at radius 1 is 1.21 bits per heavy atom. The highest BCUT2D eigenvalue weighted by atomic mass is 35.5. The lowest BCUT2D eigenvalue weighted by atomic mass is 10.0. The average molecular weight is 418 g/mol. The molecule has 1 aliphatic rings. The Hall–Kier alpha value is -2.19. The first-order valence-corrected chi connectivity index (χ1v) is 10.8. The first-order chi connectivity index (χ1) is 13.2. The topological polar surface area (TPSA) is 87.2 Å². The van der Waals surface area contributed by atoms with E-state index in [1.165, 1.54) is 12.1 Å². The first kappa shape index (κ1) is 19.1. The summed E-state index contributed by atoms with van der Waals surface area (Å²) in [6.45, 7) is 4.45. The maximum atomic E-state index is 11.5. The molecule has 4 rings (SSSR count). The van der Waals surface area contributed by atoms with Crippen molar-refractivity contribution in [3.8, 4) is 16.9 Å². The predicted molar refractivity (Wildman–Crippen MR) is 108 cm³/mol. The predicted octanol–water partition coefficient (Wildman–Crippen LogP) is 3.61. The third kappa shape index (κ3) is 3.46. The maximum absolute atomic E-state index is 11.5. The molecule has 0 aliphatic carbocycles. The number of ether oxygens (including phenoxy) is 1. The van der Waals surface area contributed by atoms with Gasteiger partial charge in [0.15, 0.2) is 0 Å². The molecule has 0 bridgehead atoms. The average Bonchev–Trinajstić information content (AvgIpc) is 3.02. The van der Waals surface area contributed by atoms with Gasteiger partial charge in [0.2, 0.25) is 10.0 Å². The zero-order valence-electron chi connectivity index (χ0n) is 15.5. The molecule has 8 heteroatoms. The molecule has 1 aliphatic heterocycles. The molecule has 0 saturated carbocycles. The number of aryl methyl sites for hydroxylation is 1. The zero-order valence-corrected chi connectivity index (χ0v) is 17.1. The van der Waals surface area contributed by atoms with Gasteiger partial charge < -0.3 is 4.74 Å². The smallest absolute Gasteiger partial charge is 0.238 e. The molecular weight excluding hydrogens is 398 g/mol. The molecule has 2 aromatic carbocycles. The number of primary sulfonamides is 1. The Bertz CT molecular complexity index is 1150. The monoisotopic (exact) mass is 417 g/mol. The van der Waals surface area contributed by atoms with Crippen LogP contribution in [0.2, 0.25) is 5.02 Å². The van der Waals surface area contributed by atoms with Crippen LogP contribution < -0.4 is 5.14 Å². The van der Waals surface area contributed by atoms with Gasteiger partial charge in [-0.25, -0.2) is 18.2 Å². The van der Waals surface area contributed by atoms with E-state index in [0.717, 1.165) is 40.2 Å². The summed E-state index contributed by atoms with van der Waals surface area (Å²) in [6, 6.07) is 12.2. The number of sulfonamides is 1. The van der Waals surface area contributed by atoms with Gasteiger partial charge in [0.25, 0.3) is 0 Å². The first-order valence-electron chi connectivity index (χ1n) is 8.86. The zero-order chi connectivity index (χ0) is 20.1. The highest BCUT2D eigenvalue weighted by Crippen LogP contribution is 2.33. The van der Waals surface area contributed by atoms with Crippen LogP contribution in [-0.2, 0) is 27.8 Å². The largest absolute Gasteiger partial charge is 0.373 e. The molecule has 0 unspecified atom stereocenters. The quantitative estimate of drug-likeness (QED) is 0.705. The van der Waals surface area contributed by atoms with E-state index in [-0.39, 0.29) is 11.0 Å². The minimum atomic E-state index is -3.74. The number of hydrogen-bond acceptors (Lipinski definition) is 4. The van der Waals surface area contributed by atoms with Crippen molar-refractivity contribution in [3.63, 3.8) is 0 Å². The molecule has 1 aromatic heterocycles. The number of fused-ring (bicyclic) bond motifs is 1. The van der Waals surface area contributed by atoms with E-state index < -0.39 is 10.0 Å². The molecule has 1 atom stereocenters. The molecule has 0 fully saturated rings. The van der Waals surface area contributed by atoms with Crippen molar-refractivity contribution in [2.75, 3.05) is 0 Å². The molecule has 2 N–H and O–H groups in total. The number of benzene rings is 2. The standard InChI is InChI=1S/C20H20ClN3O3S/c1-12-9-15(5-8-18(12)21)24-19-10-13(2)27-11-17(19)20(23-24)14-3-6-16(7-4-14)28(22,25)26/h3-9,13H,10-11H2,1-2H3,(H2,22,25,26)/t13-/m0/s1. The van der Waals surface area contributed by atoms with Crippen molar-refractivity contribution in [1.82, 2.24) is 9.78 Å². The van der Waals surface area contributed by atoms with Crippen LogP contribution in [0.15, 0.2) is 47.4 Å². The second-order valence-corrected chi connectivity index (χ2v) is 8.98. The molecule has 146 valence electrons. The lowest BCUT2D eigenvalue weighted by Crippen LogP contribution is -2.21. The van der Waals surface area contributed by atoms with Crippen LogP contribution in [0, 0.1) is 6.92 Å². The lowest BCUT2D eigenvalue weighted by molar-refractivity contribution is 0.0401. The summed E-state index contributed by atoms with van der Waals surface area (Å²) in [5.41, 5.74) is 5.59. The molecule has 3 aromatic rings. The fourth-order valence-electron chi connectivity index (χ4n) is 3.41. The summed E-state index contributed by atoms with van der Waals surface area (Å²) in [5.74, 6) is 0. The molecule has 2 heterocycles. The molecular formula is C20H20ClN3O3S. The lowest BCUT2D eigenvalue weighted by Gasteiger charge is -2.21. The number of nitrogens with two attached hydrogens (primary N) is 1. The molecule has 6 nitrogen and oxygen atoms in total. The van der Waals surface area contributed by atoms with Gasteiger partial charge in [-0.3, -0.25) is 0 Å². The van der Waals surface area contributed by atoms with Crippen molar-refractivity contribution in [3.05, 3.63) is 64.3 Å². The summed E-state index contributed by atoms with van der Waals surface area (Å²) in [7, 11) is -3.74. The normalized spacial score (nSPS) is 16.8. The van der Waals surface area contributed by atoms with Crippen LogP contribution in [0.25, 0.3) is 16.9 Å². The minimum absolute atomic E-state index is 0.0720. The van der Waals surface area contributed by atoms with Gasteiger partial charge in [-0.15, -0.1) is 0 Å². The number of aromatic nitrogens is 2. The minimum Gasteiger partial charge on any atom is -0.373 e. The second-order valence-electron chi connectivity index (χ2n) is 7.01. The van der Waals surface area contributed by atoms with Gasteiger partial charge in [-0.2, -0.15) is 5.10 Å². The summed E-state index contributed by atoms with van der Waals surface area (Å²) < 4.78 is 30.8. The van der Waals surface area contributed by atoms with E-state index in [9.17, 15) is 8.42 Å².